The van der Waals surface area contributed by atoms with E-state index in [-0.39, 0.29) is 17.9 Å². The summed E-state index contributed by atoms with van der Waals surface area (Å²) in [6.45, 7) is 3.08. The lowest BCUT2D eigenvalue weighted by atomic mass is 10.1. The van der Waals surface area contributed by atoms with Crippen LogP contribution in [0.4, 0.5) is 0 Å². The Morgan fingerprint density at radius 1 is 1.48 bits per heavy atom. The maximum atomic E-state index is 12.7. The molecule has 6 nitrogen and oxygen atoms in total. The minimum Gasteiger partial charge on any atom is -0.353 e. The molecule has 1 saturated heterocycles. The Hall–Kier alpha value is -2.37. The first-order chi connectivity index (χ1) is 10.2. The van der Waals surface area contributed by atoms with Crippen molar-refractivity contribution < 1.29 is 9.59 Å². The van der Waals surface area contributed by atoms with E-state index in [0.29, 0.717) is 25.1 Å². The van der Waals surface area contributed by atoms with Crippen LogP contribution in [-0.2, 0) is 4.79 Å². The van der Waals surface area contributed by atoms with Crippen LogP contribution >= 0.6 is 0 Å². The van der Waals surface area contributed by atoms with E-state index < -0.39 is 0 Å². The highest BCUT2D eigenvalue weighted by atomic mass is 16.2. The zero-order valence-electron chi connectivity index (χ0n) is 12.0. The van der Waals surface area contributed by atoms with Gasteiger partial charge in [-0.2, -0.15) is 0 Å². The highest BCUT2D eigenvalue weighted by Gasteiger charge is 2.32. The van der Waals surface area contributed by atoms with Gasteiger partial charge in [-0.1, -0.05) is 13.3 Å². The van der Waals surface area contributed by atoms with Gasteiger partial charge in [0.25, 0.3) is 5.91 Å². The first-order valence-corrected chi connectivity index (χ1v) is 7.22. The van der Waals surface area contributed by atoms with Gasteiger partial charge in [-0.05, 0) is 18.6 Å². The molecule has 1 N–H and O–H groups in total. The number of imidazole rings is 1. The number of amides is 2. The zero-order valence-corrected chi connectivity index (χ0v) is 12.0. The van der Waals surface area contributed by atoms with E-state index in [2.05, 4.69) is 10.3 Å². The molecule has 1 aliphatic rings. The number of fused-ring (bicyclic) bond motifs is 1. The van der Waals surface area contributed by atoms with Gasteiger partial charge in [-0.25, -0.2) is 4.98 Å². The van der Waals surface area contributed by atoms with Gasteiger partial charge < -0.3 is 14.6 Å². The molecule has 1 aliphatic heterocycles. The molecule has 1 fully saturated rings. The Balaban J connectivity index is 1.89. The topological polar surface area (TPSA) is 66.7 Å². The van der Waals surface area contributed by atoms with Crippen LogP contribution in [0.3, 0.4) is 0 Å². The van der Waals surface area contributed by atoms with Crippen LogP contribution in [0, 0.1) is 0 Å². The van der Waals surface area contributed by atoms with Gasteiger partial charge >= 0.3 is 0 Å². The van der Waals surface area contributed by atoms with Crippen LogP contribution in [0.25, 0.3) is 5.65 Å². The van der Waals surface area contributed by atoms with Crippen molar-refractivity contribution in [2.75, 3.05) is 13.1 Å². The van der Waals surface area contributed by atoms with Gasteiger partial charge in [0.2, 0.25) is 5.91 Å². The number of hydrogen-bond donors (Lipinski definition) is 1. The Kier molecular flexibility index (Phi) is 3.60. The van der Waals surface area contributed by atoms with Crippen LogP contribution < -0.4 is 5.32 Å². The summed E-state index contributed by atoms with van der Waals surface area (Å²) in [6.07, 6.45) is 6.81. The molecule has 2 aromatic heterocycles. The molecule has 2 aromatic rings. The van der Waals surface area contributed by atoms with E-state index in [1.165, 1.54) is 0 Å². The van der Waals surface area contributed by atoms with Crippen molar-refractivity contribution in [3.8, 4) is 0 Å². The number of nitrogens with one attached hydrogen (secondary N) is 1. The summed E-state index contributed by atoms with van der Waals surface area (Å²) in [6, 6.07) is 3.21. The van der Waals surface area contributed by atoms with E-state index in [9.17, 15) is 9.59 Å². The fourth-order valence-corrected chi connectivity index (χ4v) is 2.73. The summed E-state index contributed by atoms with van der Waals surface area (Å²) in [5.41, 5.74) is 1.38. The Morgan fingerprint density at radius 3 is 3.14 bits per heavy atom. The number of pyridine rings is 1. The molecule has 2 amide bonds. The van der Waals surface area contributed by atoms with E-state index in [4.69, 9.17) is 0 Å². The van der Waals surface area contributed by atoms with Gasteiger partial charge in [0.1, 0.15) is 11.7 Å². The molecule has 6 heteroatoms. The lowest BCUT2D eigenvalue weighted by Crippen LogP contribution is -2.57. The zero-order chi connectivity index (χ0) is 14.8. The van der Waals surface area contributed by atoms with E-state index in [0.717, 1.165) is 12.1 Å². The molecule has 0 saturated carbocycles. The van der Waals surface area contributed by atoms with Crippen molar-refractivity contribution in [3.05, 3.63) is 36.3 Å². The van der Waals surface area contributed by atoms with Gasteiger partial charge in [0.05, 0.1) is 5.56 Å². The first kappa shape index (κ1) is 13.6. The average molecular weight is 286 g/mol. The molecule has 0 aliphatic carbocycles. The van der Waals surface area contributed by atoms with Crippen LogP contribution in [0.1, 0.15) is 30.1 Å². The molecule has 1 atom stereocenters. The monoisotopic (exact) mass is 286 g/mol. The average Bonchev–Trinajstić information content (AvgIpc) is 2.96. The fraction of sp³-hybridized carbons (Fsp3) is 0.400. The molecule has 21 heavy (non-hydrogen) atoms. The van der Waals surface area contributed by atoms with E-state index in [1.54, 1.807) is 29.6 Å². The van der Waals surface area contributed by atoms with Crippen molar-refractivity contribution in [1.29, 1.82) is 0 Å². The highest BCUT2D eigenvalue weighted by Crippen LogP contribution is 2.16. The summed E-state index contributed by atoms with van der Waals surface area (Å²) in [5, 5.41) is 2.83. The number of piperazine rings is 1. The van der Waals surface area contributed by atoms with Crippen LogP contribution in [0.15, 0.2) is 30.7 Å². The Bertz CT molecular complexity index is 679. The molecular formula is C15H18N4O2. The quantitative estimate of drug-likeness (QED) is 0.918. The SMILES string of the molecule is CCCC1C(=O)NCCN1C(=O)c1ccc2nccn2c1. The summed E-state index contributed by atoms with van der Waals surface area (Å²) in [4.78, 5) is 30.5. The predicted molar refractivity (Wildman–Crippen MR) is 77.9 cm³/mol. The maximum Gasteiger partial charge on any atom is 0.256 e. The van der Waals surface area contributed by atoms with Gasteiger partial charge in [-0.15, -0.1) is 0 Å². The van der Waals surface area contributed by atoms with Crippen molar-refractivity contribution in [1.82, 2.24) is 19.6 Å². The van der Waals surface area contributed by atoms with Crippen molar-refractivity contribution in [3.63, 3.8) is 0 Å². The number of carbonyl (C=O) groups excluding carboxylic acids is 2. The standard InChI is InChI=1S/C15H18N4O2/c1-2-3-12-14(20)17-7-9-19(12)15(21)11-4-5-13-16-6-8-18(13)10-11/h4-6,8,10,12H,2-3,7,9H2,1H3,(H,17,20). The molecule has 0 bridgehead atoms. The van der Waals surface area contributed by atoms with Crippen LogP contribution in [-0.4, -0.2) is 45.2 Å². The molecule has 0 spiro atoms. The van der Waals surface area contributed by atoms with E-state index >= 15 is 0 Å². The fourth-order valence-electron chi connectivity index (χ4n) is 2.73. The number of nitrogens with zero attached hydrogens (tertiary/aromatic N) is 3. The van der Waals surface area contributed by atoms with Gasteiger partial charge in [0.15, 0.2) is 0 Å². The minimum atomic E-state index is -0.366. The third-order valence-electron chi connectivity index (χ3n) is 3.79. The van der Waals surface area contributed by atoms with E-state index in [1.807, 2.05) is 17.4 Å². The Morgan fingerprint density at radius 2 is 2.33 bits per heavy atom. The lowest BCUT2D eigenvalue weighted by molar-refractivity contribution is -0.128. The van der Waals surface area contributed by atoms with Crippen molar-refractivity contribution in [2.24, 2.45) is 0 Å². The Labute approximate surface area is 122 Å². The molecule has 0 aromatic carbocycles. The molecular weight excluding hydrogens is 268 g/mol. The third-order valence-corrected chi connectivity index (χ3v) is 3.79. The summed E-state index contributed by atoms with van der Waals surface area (Å²) in [5.74, 6) is -0.154. The third kappa shape index (κ3) is 2.49. The molecule has 1 unspecified atom stereocenters. The molecule has 3 heterocycles. The van der Waals surface area contributed by atoms with Gasteiger partial charge in [0, 0.05) is 31.7 Å². The number of hydrogen-bond acceptors (Lipinski definition) is 3. The number of aromatic nitrogens is 2. The predicted octanol–water partition coefficient (Wildman–Crippen LogP) is 1.07. The summed E-state index contributed by atoms with van der Waals surface area (Å²) < 4.78 is 1.81. The molecule has 0 radical (unpaired) electrons. The second-order valence-corrected chi connectivity index (χ2v) is 5.20. The lowest BCUT2D eigenvalue weighted by Gasteiger charge is -2.35. The second-order valence-electron chi connectivity index (χ2n) is 5.20. The first-order valence-electron chi connectivity index (χ1n) is 7.22. The largest absolute Gasteiger partial charge is 0.353 e. The number of carbonyl (C=O) groups is 2. The van der Waals surface area contributed by atoms with Crippen LogP contribution in [0.2, 0.25) is 0 Å². The second kappa shape index (κ2) is 5.55. The van der Waals surface area contributed by atoms with Crippen molar-refractivity contribution >= 4 is 17.5 Å². The smallest absolute Gasteiger partial charge is 0.256 e. The maximum absolute atomic E-state index is 12.7. The highest BCUT2D eigenvalue weighted by molar-refractivity contribution is 5.98. The normalized spacial score (nSPS) is 18.8. The van der Waals surface area contributed by atoms with Crippen molar-refractivity contribution in [2.45, 2.75) is 25.8 Å². The van der Waals surface area contributed by atoms with Gasteiger partial charge in [-0.3, -0.25) is 9.59 Å². The summed E-state index contributed by atoms with van der Waals surface area (Å²) in [7, 11) is 0. The molecule has 110 valence electrons. The number of rotatable bonds is 3. The summed E-state index contributed by atoms with van der Waals surface area (Å²) >= 11 is 0. The minimum absolute atomic E-state index is 0.0554. The van der Waals surface area contributed by atoms with Crippen LogP contribution in [0.5, 0.6) is 0 Å². The molecule has 3 rings (SSSR count).